The topological polar surface area (TPSA) is 25.2 Å². The number of furan rings is 1. The third-order valence-corrected chi connectivity index (χ3v) is 5.00. The average molecular weight is 328 g/mol. The van der Waals surface area contributed by atoms with Crippen LogP contribution in [-0.2, 0) is 0 Å². The van der Waals surface area contributed by atoms with Crippen LogP contribution in [-0.4, -0.2) is 6.54 Å². The monoisotopic (exact) mass is 327 g/mol. The highest BCUT2D eigenvalue weighted by Gasteiger charge is 2.43. The first kappa shape index (κ1) is 15.1. The smallest absolute Gasteiger partial charge is 0.135 e. The van der Waals surface area contributed by atoms with Gasteiger partial charge in [0, 0.05) is 0 Å². The van der Waals surface area contributed by atoms with E-state index in [1.54, 1.807) is 6.26 Å². The molecule has 1 unspecified atom stereocenters. The summed E-state index contributed by atoms with van der Waals surface area (Å²) in [5.41, 5.74) is 0.366. The third-order valence-electron chi connectivity index (χ3n) is 4.34. The van der Waals surface area contributed by atoms with Crippen molar-refractivity contribution in [1.82, 2.24) is 5.32 Å². The van der Waals surface area contributed by atoms with Gasteiger partial charge in [-0.1, -0.05) is 33.6 Å². The van der Waals surface area contributed by atoms with Gasteiger partial charge in [0.25, 0.3) is 0 Å². The number of nitrogens with one attached hydrogen (secondary N) is 1. The summed E-state index contributed by atoms with van der Waals surface area (Å²) >= 11 is 3.64. The van der Waals surface area contributed by atoms with Crippen molar-refractivity contribution in [2.75, 3.05) is 6.54 Å². The van der Waals surface area contributed by atoms with E-state index in [1.165, 1.54) is 32.1 Å². The standard InChI is InChI=1S/C16H26BrNO/c1-4-18-15(14-13(17)7-10-19-14)16(11-12(2)3)8-5-6-9-16/h7,10,12,15,18H,4-6,8-9,11H2,1-3H3. The van der Waals surface area contributed by atoms with Gasteiger partial charge in [0.1, 0.15) is 5.76 Å². The minimum atomic E-state index is 0.340. The molecule has 0 aromatic carbocycles. The summed E-state index contributed by atoms with van der Waals surface area (Å²) in [5.74, 6) is 1.82. The Kier molecular flexibility index (Phi) is 5.13. The van der Waals surface area contributed by atoms with Crippen LogP contribution in [0.3, 0.4) is 0 Å². The zero-order chi connectivity index (χ0) is 13.9. The van der Waals surface area contributed by atoms with Crippen molar-refractivity contribution in [1.29, 1.82) is 0 Å². The van der Waals surface area contributed by atoms with Crippen molar-refractivity contribution >= 4 is 15.9 Å². The van der Waals surface area contributed by atoms with Gasteiger partial charge in [0.05, 0.1) is 16.8 Å². The van der Waals surface area contributed by atoms with Gasteiger partial charge in [-0.3, -0.25) is 0 Å². The summed E-state index contributed by atoms with van der Waals surface area (Å²) in [5, 5.41) is 3.69. The largest absolute Gasteiger partial charge is 0.466 e. The van der Waals surface area contributed by atoms with Gasteiger partial charge in [-0.05, 0) is 59.1 Å². The Balaban J connectivity index is 2.32. The first-order valence-electron chi connectivity index (χ1n) is 7.55. The zero-order valence-electron chi connectivity index (χ0n) is 12.3. The fraction of sp³-hybridized carbons (Fsp3) is 0.750. The molecule has 1 fully saturated rings. The molecular weight excluding hydrogens is 302 g/mol. The Labute approximate surface area is 125 Å². The van der Waals surface area contributed by atoms with Crippen LogP contribution in [0.1, 0.15) is 64.7 Å². The van der Waals surface area contributed by atoms with Crippen LogP contribution in [0.25, 0.3) is 0 Å². The van der Waals surface area contributed by atoms with Gasteiger partial charge in [-0.25, -0.2) is 0 Å². The molecule has 1 atom stereocenters. The fourth-order valence-corrected chi connectivity index (χ4v) is 4.24. The summed E-state index contributed by atoms with van der Waals surface area (Å²) in [6.07, 6.45) is 8.41. The maximum absolute atomic E-state index is 5.79. The van der Waals surface area contributed by atoms with E-state index in [4.69, 9.17) is 4.42 Å². The Morgan fingerprint density at radius 2 is 2.05 bits per heavy atom. The molecule has 1 aromatic rings. The van der Waals surface area contributed by atoms with E-state index >= 15 is 0 Å². The predicted molar refractivity (Wildman–Crippen MR) is 83.2 cm³/mol. The Bertz CT molecular complexity index is 393. The molecule has 0 aliphatic heterocycles. The van der Waals surface area contributed by atoms with E-state index in [-0.39, 0.29) is 0 Å². The molecule has 0 saturated heterocycles. The van der Waals surface area contributed by atoms with Crippen LogP contribution in [0.4, 0.5) is 0 Å². The quantitative estimate of drug-likeness (QED) is 0.766. The highest BCUT2D eigenvalue weighted by molar-refractivity contribution is 9.10. The van der Waals surface area contributed by atoms with Crippen LogP contribution in [0.2, 0.25) is 0 Å². The van der Waals surface area contributed by atoms with E-state index in [0.29, 0.717) is 11.5 Å². The van der Waals surface area contributed by atoms with Crippen LogP contribution in [0.5, 0.6) is 0 Å². The summed E-state index contributed by atoms with van der Waals surface area (Å²) in [6, 6.07) is 2.35. The molecule has 0 amide bonds. The normalized spacial score (nSPS) is 20.1. The van der Waals surface area contributed by atoms with Crippen LogP contribution in [0, 0.1) is 11.3 Å². The summed E-state index contributed by atoms with van der Waals surface area (Å²) in [6.45, 7) is 7.83. The number of hydrogen-bond acceptors (Lipinski definition) is 2. The van der Waals surface area contributed by atoms with Crippen LogP contribution in [0.15, 0.2) is 21.2 Å². The van der Waals surface area contributed by atoms with E-state index < -0.39 is 0 Å². The van der Waals surface area contributed by atoms with E-state index in [2.05, 4.69) is 42.0 Å². The Morgan fingerprint density at radius 1 is 1.37 bits per heavy atom. The molecule has 2 nitrogen and oxygen atoms in total. The summed E-state index contributed by atoms with van der Waals surface area (Å²) < 4.78 is 6.89. The highest BCUT2D eigenvalue weighted by Crippen LogP contribution is 2.52. The minimum Gasteiger partial charge on any atom is -0.466 e. The second-order valence-corrected chi connectivity index (χ2v) is 7.15. The van der Waals surface area contributed by atoms with Gasteiger partial charge in [0.2, 0.25) is 0 Å². The van der Waals surface area contributed by atoms with Crippen molar-refractivity contribution in [2.45, 2.75) is 58.9 Å². The predicted octanol–water partition coefficient (Wildman–Crippen LogP) is 5.30. The van der Waals surface area contributed by atoms with Crippen molar-refractivity contribution in [3.8, 4) is 0 Å². The lowest BCUT2D eigenvalue weighted by Gasteiger charge is -2.38. The van der Waals surface area contributed by atoms with E-state index in [9.17, 15) is 0 Å². The maximum Gasteiger partial charge on any atom is 0.135 e. The van der Waals surface area contributed by atoms with Crippen molar-refractivity contribution in [3.05, 3.63) is 22.6 Å². The van der Waals surface area contributed by atoms with Crippen molar-refractivity contribution < 1.29 is 4.42 Å². The van der Waals surface area contributed by atoms with E-state index in [1.807, 2.05) is 6.07 Å². The number of hydrogen-bond donors (Lipinski definition) is 1. The van der Waals surface area contributed by atoms with Gasteiger partial charge in [-0.2, -0.15) is 0 Å². The molecule has 0 spiro atoms. The Hall–Kier alpha value is -0.280. The zero-order valence-corrected chi connectivity index (χ0v) is 13.9. The third kappa shape index (κ3) is 3.25. The molecule has 1 saturated carbocycles. The molecule has 108 valence electrons. The lowest BCUT2D eigenvalue weighted by atomic mass is 9.71. The maximum atomic E-state index is 5.79. The molecule has 19 heavy (non-hydrogen) atoms. The average Bonchev–Trinajstić information content (AvgIpc) is 2.96. The highest BCUT2D eigenvalue weighted by atomic mass is 79.9. The Morgan fingerprint density at radius 3 is 2.53 bits per heavy atom. The van der Waals surface area contributed by atoms with Crippen molar-refractivity contribution in [3.63, 3.8) is 0 Å². The minimum absolute atomic E-state index is 0.340. The number of halogens is 1. The summed E-state index contributed by atoms with van der Waals surface area (Å²) in [4.78, 5) is 0. The lowest BCUT2D eigenvalue weighted by Crippen LogP contribution is -2.37. The molecule has 2 rings (SSSR count). The van der Waals surface area contributed by atoms with Crippen molar-refractivity contribution in [2.24, 2.45) is 11.3 Å². The fourth-order valence-electron chi connectivity index (χ4n) is 3.81. The van der Waals surface area contributed by atoms with Gasteiger partial charge >= 0.3 is 0 Å². The van der Waals surface area contributed by atoms with Crippen LogP contribution < -0.4 is 5.32 Å². The first-order chi connectivity index (χ1) is 9.09. The van der Waals surface area contributed by atoms with Gasteiger partial charge < -0.3 is 9.73 Å². The first-order valence-corrected chi connectivity index (χ1v) is 8.34. The second-order valence-electron chi connectivity index (χ2n) is 6.29. The van der Waals surface area contributed by atoms with E-state index in [0.717, 1.165) is 22.7 Å². The number of rotatable bonds is 6. The molecule has 3 heteroatoms. The SMILES string of the molecule is CCNC(c1occc1Br)C1(CC(C)C)CCCC1. The molecule has 1 heterocycles. The molecule has 1 aliphatic rings. The molecule has 1 N–H and O–H groups in total. The molecule has 1 aromatic heterocycles. The van der Waals surface area contributed by atoms with Gasteiger partial charge in [-0.15, -0.1) is 0 Å². The summed E-state index contributed by atoms with van der Waals surface area (Å²) in [7, 11) is 0. The molecule has 0 radical (unpaired) electrons. The van der Waals surface area contributed by atoms with Crippen LogP contribution >= 0.6 is 15.9 Å². The molecular formula is C16H26BrNO. The molecule has 1 aliphatic carbocycles. The second kappa shape index (κ2) is 6.45. The van der Waals surface area contributed by atoms with Gasteiger partial charge in [0.15, 0.2) is 0 Å². The molecule has 0 bridgehead atoms. The lowest BCUT2D eigenvalue weighted by molar-refractivity contribution is 0.139.